The monoisotopic (exact) mass is 845 g/mol. The molecule has 62 heavy (non-hydrogen) atoms. The van der Waals surface area contributed by atoms with Crippen molar-refractivity contribution in [2.45, 2.75) is 103 Å². The minimum Gasteiger partial charge on any atom is -0.490 e. The Labute approximate surface area is 365 Å². The molecule has 0 aliphatic carbocycles. The number of benzene rings is 4. The predicted molar refractivity (Wildman–Crippen MR) is 237 cm³/mol. The van der Waals surface area contributed by atoms with Crippen LogP contribution in [0, 0.1) is 19.8 Å². The third-order valence-electron chi connectivity index (χ3n) is 12.2. The van der Waals surface area contributed by atoms with E-state index in [1.54, 1.807) is 19.0 Å². The Morgan fingerprint density at radius 2 is 1.34 bits per heavy atom. The number of aliphatic hydroxyl groups is 2. The molecule has 7 rings (SSSR count). The number of para-hydroxylation sites is 1. The van der Waals surface area contributed by atoms with E-state index in [1.807, 2.05) is 110 Å². The standard InChI is InChI=1S/C34H39N3O6.C14H21BN2O2/c1-22-10-5-6-13-24(22)20-35-33(41)27-15-9-17-37(27)34(42)28(38)19-25(18-23-11-3-2-4-12-23)32(40)36-31-26-14-7-8-16-30(26)43-21-29(31)39;1-11-6-3-4-7-12(11)10-16-14(18)13-8-5-9-17(13)15(2)19/h2-8,10-14,16,25,27-29,31,38-39H,9,15,17-21H2,1H3,(H,35,41)(H,36,40);3-4,6-7,13,19H,5,8-10H2,1-2H3,(H,16,18)/t25-,27+,28+,29-,31+;13-/m10/s1. The number of fused-ring (bicyclic) bond motifs is 1. The Balaban J connectivity index is 0.000000281. The van der Waals surface area contributed by atoms with E-state index in [0.717, 1.165) is 41.6 Å². The normalized spacial score (nSPS) is 20.4. The predicted octanol–water partition coefficient (Wildman–Crippen LogP) is 4.01. The number of rotatable bonds is 14. The minimum atomic E-state index is -1.48. The lowest BCUT2D eigenvalue weighted by atomic mass is 9.84. The van der Waals surface area contributed by atoms with Crippen molar-refractivity contribution in [1.82, 2.24) is 25.7 Å². The van der Waals surface area contributed by atoms with Crippen molar-refractivity contribution in [1.29, 1.82) is 0 Å². The smallest absolute Gasteiger partial charge is 0.377 e. The number of likely N-dealkylation sites (tertiary alicyclic amines) is 1. The molecular weight excluding hydrogens is 785 g/mol. The Hall–Kier alpha value is -5.54. The molecule has 6 atom stereocenters. The second kappa shape index (κ2) is 22.0. The van der Waals surface area contributed by atoms with Crippen LogP contribution < -0.4 is 20.7 Å². The number of ether oxygens (including phenoxy) is 1. The van der Waals surface area contributed by atoms with E-state index in [-0.39, 0.29) is 43.2 Å². The average Bonchev–Trinajstić information content (AvgIpc) is 3.99. The highest BCUT2D eigenvalue weighted by Crippen LogP contribution is 2.33. The van der Waals surface area contributed by atoms with Crippen molar-refractivity contribution in [3.05, 3.63) is 137 Å². The number of carbonyl (C=O) groups is 4. The van der Waals surface area contributed by atoms with Crippen LogP contribution in [0.5, 0.6) is 5.75 Å². The lowest BCUT2D eigenvalue weighted by Gasteiger charge is -2.32. The van der Waals surface area contributed by atoms with Gasteiger partial charge in [0, 0.05) is 31.1 Å². The van der Waals surface area contributed by atoms with Crippen LogP contribution in [0.4, 0.5) is 0 Å². The molecule has 328 valence electrons. The van der Waals surface area contributed by atoms with E-state index in [4.69, 9.17) is 4.74 Å². The molecule has 14 heteroatoms. The van der Waals surface area contributed by atoms with Crippen molar-refractivity contribution >= 4 is 30.7 Å². The molecule has 6 N–H and O–H groups in total. The second-order valence-electron chi connectivity index (χ2n) is 16.5. The average molecular weight is 846 g/mol. The summed E-state index contributed by atoms with van der Waals surface area (Å²) in [6.07, 6.45) is 0.677. The maximum atomic E-state index is 13.7. The first kappa shape index (κ1) is 46.0. The number of nitrogens with zero attached hydrogens (tertiary/aromatic N) is 2. The van der Waals surface area contributed by atoms with Gasteiger partial charge in [0.15, 0.2) is 0 Å². The summed E-state index contributed by atoms with van der Waals surface area (Å²) >= 11 is 0. The summed E-state index contributed by atoms with van der Waals surface area (Å²) in [5.74, 6) is -1.36. The fourth-order valence-electron chi connectivity index (χ4n) is 8.57. The molecule has 2 fully saturated rings. The number of hydrogen-bond acceptors (Lipinski definition) is 9. The van der Waals surface area contributed by atoms with Gasteiger partial charge in [0.05, 0.1) is 12.1 Å². The zero-order valence-electron chi connectivity index (χ0n) is 35.9. The second-order valence-corrected chi connectivity index (χ2v) is 16.5. The van der Waals surface area contributed by atoms with Crippen LogP contribution >= 0.6 is 0 Å². The molecule has 4 aromatic rings. The Kier molecular flexibility index (Phi) is 16.3. The third-order valence-corrected chi connectivity index (χ3v) is 12.2. The lowest BCUT2D eigenvalue weighted by molar-refractivity contribution is -0.146. The number of hydrogen-bond donors (Lipinski definition) is 6. The van der Waals surface area contributed by atoms with E-state index in [0.29, 0.717) is 43.8 Å². The highest BCUT2D eigenvalue weighted by atomic mass is 16.5. The van der Waals surface area contributed by atoms with E-state index in [2.05, 4.69) is 16.0 Å². The summed E-state index contributed by atoms with van der Waals surface area (Å²) in [6, 6.07) is 30.9. The number of carbonyl (C=O) groups excluding carboxylic acids is 4. The van der Waals surface area contributed by atoms with Gasteiger partial charge in [-0.25, -0.2) is 0 Å². The molecule has 4 aromatic carbocycles. The van der Waals surface area contributed by atoms with E-state index < -0.39 is 43.2 Å². The maximum absolute atomic E-state index is 13.7. The molecular formula is C48H60BN5O8. The molecule has 0 spiro atoms. The molecule has 4 amide bonds. The molecule has 0 radical (unpaired) electrons. The summed E-state index contributed by atoms with van der Waals surface area (Å²) in [7, 11) is -0.559. The molecule has 3 aliphatic rings. The molecule has 0 aromatic heterocycles. The van der Waals surface area contributed by atoms with Gasteiger partial charge in [0.1, 0.15) is 30.6 Å². The number of aryl methyl sites for hydroxylation is 2. The first-order valence-electron chi connectivity index (χ1n) is 21.7. The quantitative estimate of drug-likeness (QED) is 0.102. The van der Waals surface area contributed by atoms with Gasteiger partial charge in [-0.2, -0.15) is 0 Å². The van der Waals surface area contributed by atoms with Gasteiger partial charge >= 0.3 is 7.05 Å². The maximum Gasteiger partial charge on any atom is 0.377 e. The minimum absolute atomic E-state index is 0.0154. The zero-order chi connectivity index (χ0) is 44.2. The molecule has 13 nitrogen and oxygen atoms in total. The number of nitrogens with one attached hydrogen (secondary N) is 3. The highest BCUT2D eigenvalue weighted by Gasteiger charge is 2.39. The molecule has 0 bridgehead atoms. The fraction of sp³-hybridized carbons (Fsp3) is 0.417. The first-order chi connectivity index (χ1) is 29.9. The van der Waals surface area contributed by atoms with Crippen LogP contribution in [0.25, 0.3) is 0 Å². The first-order valence-corrected chi connectivity index (χ1v) is 21.7. The van der Waals surface area contributed by atoms with Crippen LogP contribution in [0.15, 0.2) is 103 Å². The van der Waals surface area contributed by atoms with Crippen LogP contribution in [0.1, 0.15) is 71.5 Å². The Morgan fingerprint density at radius 1 is 0.774 bits per heavy atom. The van der Waals surface area contributed by atoms with Gasteiger partial charge in [-0.1, -0.05) is 97.1 Å². The van der Waals surface area contributed by atoms with Crippen molar-refractivity contribution in [2.24, 2.45) is 5.92 Å². The largest absolute Gasteiger partial charge is 0.490 e. The van der Waals surface area contributed by atoms with Crippen LogP contribution in [-0.2, 0) is 38.7 Å². The van der Waals surface area contributed by atoms with E-state index >= 15 is 0 Å². The van der Waals surface area contributed by atoms with Crippen molar-refractivity contribution in [3.8, 4) is 5.75 Å². The fourth-order valence-corrected chi connectivity index (χ4v) is 8.57. The van der Waals surface area contributed by atoms with Crippen molar-refractivity contribution in [2.75, 3.05) is 19.7 Å². The number of aliphatic hydroxyl groups excluding tert-OH is 2. The molecule has 3 aliphatic heterocycles. The van der Waals surface area contributed by atoms with Gasteiger partial charge in [-0.3, -0.25) is 19.2 Å². The van der Waals surface area contributed by atoms with Crippen molar-refractivity contribution in [3.63, 3.8) is 0 Å². The van der Waals surface area contributed by atoms with Crippen LogP contribution in [0.3, 0.4) is 0 Å². The highest BCUT2D eigenvalue weighted by molar-refractivity contribution is 6.45. The van der Waals surface area contributed by atoms with E-state index in [9.17, 15) is 34.4 Å². The van der Waals surface area contributed by atoms with Gasteiger partial charge in [0.2, 0.25) is 17.7 Å². The zero-order valence-corrected chi connectivity index (χ0v) is 35.9. The van der Waals surface area contributed by atoms with Crippen LogP contribution in [0.2, 0.25) is 6.82 Å². The Bertz CT molecular complexity index is 2140. The van der Waals surface area contributed by atoms with Gasteiger partial charge in [-0.15, -0.1) is 0 Å². The van der Waals surface area contributed by atoms with Gasteiger partial charge < -0.3 is 45.6 Å². The van der Waals surface area contributed by atoms with Gasteiger partial charge in [-0.05, 0) is 99.6 Å². The van der Waals surface area contributed by atoms with E-state index in [1.165, 1.54) is 10.5 Å². The number of amides is 4. The SMILES string of the molecule is CB(O)N1CCC[C@H]1C(=O)NCc1ccccc1C.Cc1ccccc1CNC(=O)[C@@H]1CCCN1C(=O)[C@@H](O)C[C@@H](Cc1ccccc1)C(=O)N[C@H]1c2ccccc2OC[C@H]1O. The van der Waals surface area contributed by atoms with Crippen LogP contribution in [-0.4, -0.2) is 99.6 Å². The molecule has 0 unspecified atom stereocenters. The summed E-state index contributed by atoms with van der Waals surface area (Å²) in [5.41, 5.74) is 5.93. The summed E-state index contributed by atoms with van der Waals surface area (Å²) in [5, 5.41) is 40.4. The van der Waals surface area contributed by atoms with Gasteiger partial charge in [0.25, 0.3) is 5.91 Å². The summed E-state index contributed by atoms with van der Waals surface area (Å²) in [4.78, 5) is 55.8. The summed E-state index contributed by atoms with van der Waals surface area (Å²) in [6.45, 7) is 7.83. The molecule has 3 heterocycles. The summed E-state index contributed by atoms with van der Waals surface area (Å²) < 4.78 is 5.61. The topological polar surface area (TPSA) is 181 Å². The lowest BCUT2D eigenvalue weighted by Crippen LogP contribution is -2.50. The molecule has 2 saturated heterocycles. The van der Waals surface area contributed by atoms with Crippen molar-refractivity contribution < 1.29 is 39.2 Å². The Morgan fingerprint density at radius 3 is 1.98 bits per heavy atom. The molecule has 0 saturated carbocycles. The third kappa shape index (κ3) is 11.9.